The summed E-state index contributed by atoms with van der Waals surface area (Å²) in [5.41, 5.74) is 6.66. The number of halogens is 2. The molecule has 0 saturated heterocycles. The molecule has 1 atom stereocenters. The molecule has 0 saturated carbocycles. The zero-order chi connectivity index (χ0) is 14.7. The van der Waals surface area contributed by atoms with Crippen LogP contribution < -0.4 is 11.1 Å². The third-order valence-corrected chi connectivity index (χ3v) is 3.68. The van der Waals surface area contributed by atoms with E-state index in [1.54, 1.807) is 0 Å². The van der Waals surface area contributed by atoms with E-state index >= 15 is 0 Å². The van der Waals surface area contributed by atoms with E-state index in [2.05, 4.69) is 21.2 Å². The van der Waals surface area contributed by atoms with Crippen LogP contribution in [-0.4, -0.2) is 5.91 Å². The van der Waals surface area contributed by atoms with Crippen molar-refractivity contribution in [3.05, 3.63) is 63.9 Å². The number of nitrogens with two attached hydrogens (primary N) is 1. The molecule has 2 rings (SSSR count). The second kappa shape index (κ2) is 6.05. The van der Waals surface area contributed by atoms with Crippen LogP contribution >= 0.6 is 15.9 Å². The van der Waals surface area contributed by atoms with Crippen molar-refractivity contribution < 1.29 is 9.18 Å². The Balaban J connectivity index is 2.17. The predicted molar refractivity (Wildman–Crippen MR) is 80.8 cm³/mol. The van der Waals surface area contributed by atoms with Gasteiger partial charge in [0.25, 0.3) is 5.91 Å². The number of anilines is 1. The number of rotatable bonds is 3. The maximum atomic E-state index is 13.7. The first-order chi connectivity index (χ1) is 9.49. The van der Waals surface area contributed by atoms with E-state index in [9.17, 15) is 9.18 Å². The van der Waals surface area contributed by atoms with E-state index in [4.69, 9.17) is 5.73 Å². The Labute approximate surface area is 125 Å². The lowest BCUT2D eigenvalue weighted by molar-refractivity contribution is 0.0936. The summed E-state index contributed by atoms with van der Waals surface area (Å²) in [5.74, 6) is -1.09. The number of carbonyl (C=O) groups excluding carboxylic acids is 1. The number of hydrogen-bond donors (Lipinski definition) is 2. The average molecular weight is 337 g/mol. The number of nitrogens with one attached hydrogen (secondary N) is 1. The van der Waals surface area contributed by atoms with Gasteiger partial charge in [0.1, 0.15) is 5.82 Å². The quantitative estimate of drug-likeness (QED) is 0.840. The molecular weight excluding hydrogens is 323 g/mol. The van der Waals surface area contributed by atoms with Crippen molar-refractivity contribution in [1.82, 2.24) is 5.32 Å². The van der Waals surface area contributed by atoms with E-state index in [-0.39, 0.29) is 17.3 Å². The fraction of sp³-hybridized carbons (Fsp3) is 0.133. The van der Waals surface area contributed by atoms with Crippen LogP contribution in [0.1, 0.15) is 28.9 Å². The van der Waals surface area contributed by atoms with Gasteiger partial charge in [0.2, 0.25) is 0 Å². The average Bonchev–Trinajstić information content (AvgIpc) is 2.38. The van der Waals surface area contributed by atoms with Crippen LogP contribution in [0.4, 0.5) is 10.1 Å². The molecule has 20 heavy (non-hydrogen) atoms. The Bertz CT molecular complexity index is 646. The summed E-state index contributed by atoms with van der Waals surface area (Å²) in [5, 5.41) is 2.76. The maximum absolute atomic E-state index is 13.7. The van der Waals surface area contributed by atoms with Crippen LogP contribution in [0.15, 0.2) is 46.9 Å². The second-order valence-electron chi connectivity index (χ2n) is 4.46. The third-order valence-electron chi connectivity index (χ3n) is 2.96. The summed E-state index contributed by atoms with van der Waals surface area (Å²) in [6.07, 6.45) is 0. The highest BCUT2D eigenvalue weighted by Crippen LogP contribution is 2.23. The standard InChI is InChI=1S/C15H14BrFN2O/c1-9(11-4-2-3-5-13(11)16)19-15(20)12-7-6-10(18)8-14(12)17/h2-9H,18H2,1H3,(H,19,20). The van der Waals surface area contributed by atoms with Crippen molar-refractivity contribution in [3.8, 4) is 0 Å². The molecular formula is C15H14BrFN2O. The first-order valence-corrected chi connectivity index (χ1v) is 6.88. The molecule has 1 unspecified atom stereocenters. The van der Waals surface area contributed by atoms with Gasteiger partial charge in [-0.05, 0) is 36.8 Å². The molecule has 1 amide bonds. The predicted octanol–water partition coefficient (Wildman–Crippen LogP) is 3.66. The largest absolute Gasteiger partial charge is 0.399 e. The number of carbonyl (C=O) groups is 1. The maximum Gasteiger partial charge on any atom is 0.254 e. The number of nitrogen functional groups attached to an aromatic ring is 1. The minimum atomic E-state index is -0.623. The van der Waals surface area contributed by atoms with E-state index in [0.717, 1.165) is 16.1 Å². The molecule has 0 radical (unpaired) electrons. The van der Waals surface area contributed by atoms with Gasteiger partial charge in [-0.3, -0.25) is 4.79 Å². The van der Waals surface area contributed by atoms with Crippen LogP contribution in [0.25, 0.3) is 0 Å². The molecule has 0 heterocycles. The van der Waals surface area contributed by atoms with Crippen LogP contribution in [0.3, 0.4) is 0 Å². The molecule has 0 aliphatic carbocycles. The van der Waals surface area contributed by atoms with Crippen LogP contribution in [0.2, 0.25) is 0 Å². The minimum absolute atomic E-state index is 0.0156. The number of hydrogen-bond acceptors (Lipinski definition) is 2. The van der Waals surface area contributed by atoms with E-state index in [1.807, 2.05) is 31.2 Å². The number of amides is 1. The molecule has 2 aromatic rings. The Morgan fingerprint density at radius 3 is 2.65 bits per heavy atom. The first kappa shape index (κ1) is 14.5. The van der Waals surface area contributed by atoms with Crippen LogP contribution in [0.5, 0.6) is 0 Å². The summed E-state index contributed by atoms with van der Waals surface area (Å²) in [6.45, 7) is 1.84. The summed E-state index contributed by atoms with van der Waals surface area (Å²) in [4.78, 5) is 12.1. The molecule has 0 spiro atoms. The Kier molecular flexibility index (Phi) is 4.39. The summed E-state index contributed by atoms with van der Waals surface area (Å²) in [7, 11) is 0. The monoisotopic (exact) mass is 336 g/mol. The van der Waals surface area contributed by atoms with Crippen LogP contribution in [-0.2, 0) is 0 Å². The lowest BCUT2D eigenvalue weighted by Crippen LogP contribution is -2.27. The van der Waals surface area contributed by atoms with Gasteiger partial charge in [-0.15, -0.1) is 0 Å². The highest BCUT2D eigenvalue weighted by atomic mass is 79.9. The molecule has 3 nitrogen and oxygen atoms in total. The van der Waals surface area contributed by atoms with E-state index in [1.165, 1.54) is 12.1 Å². The van der Waals surface area contributed by atoms with Gasteiger partial charge < -0.3 is 11.1 Å². The second-order valence-corrected chi connectivity index (χ2v) is 5.31. The molecule has 104 valence electrons. The Hall–Kier alpha value is -1.88. The smallest absolute Gasteiger partial charge is 0.254 e. The summed E-state index contributed by atoms with van der Waals surface area (Å²) in [6, 6.07) is 11.3. The van der Waals surface area contributed by atoms with Gasteiger partial charge in [0, 0.05) is 10.2 Å². The molecule has 5 heteroatoms. The molecule has 3 N–H and O–H groups in total. The van der Waals surface area contributed by atoms with Gasteiger partial charge >= 0.3 is 0 Å². The van der Waals surface area contributed by atoms with Gasteiger partial charge in [-0.1, -0.05) is 34.1 Å². The van der Waals surface area contributed by atoms with Crippen molar-refractivity contribution in [2.24, 2.45) is 0 Å². The third kappa shape index (κ3) is 3.17. The zero-order valence-electron chi connectivity index (χ0n) is 10.9. The van der Waals surface area contributed by atoms with Crippen LogP contribution in [0, 0.1) is 5.82 Å². The molecule has 0 aromatic heterocycles. The first-order valence-electron chi connectivity index (χ1n) is 6.09. The molecule has 0 fully saturated rings. The van der Waals surface area contributed by atoms with Crippen molar-refractivity contribution in [3.63, 3.8) is 0 Å². The van der Waals surface area contributed by atoms with Crippen molar-refractivity contribution in [1.29, 1.82) is 0 Å². The summed E-state index contributed by atoms with van der Waals surface area (Å²) < 4.78 is 14.6. The lowest BCUT2D eigenvalue weighted by Gasteiger charge is -2.16. The fourth-order valence-electron chi connectivity index (χ4n) is 1.89. The van der Waals surface area contributed by atoms with Crippen molar-refractivity contribution in [2.45, 2.75) is 13.0 Å². The number of benzene rings is 2. The van der Waals surface area contributed by atoms with Crippen molar-refractivity contribution in [2.75, 3.05) is 5.73 Å². The SMILES string of the molecule is CC(NC(=O)c1ccc(N)cc1F)c1ccccc1Br. The zero-order valence-corrected chi connectivity index (χ0v) is 12.4. The Morgan fingerprint density at radius 1 is 1.30 bits per heavy atom. The van der Waals surface area contributed by atoms with Gasteiger partial charge in [0.05, 0.1) is 11.6 Å². The highest BCUT2D eigenvalue weighted by Gasteiger charge is 2.16. The molecule has 0 aliphatic rings. The molecule has 0 bridgehead atoms. The van der Waals surface area contributed by atoms with Crippen molar-refractivity contribution >= 4 is 27.5 Å². The molecule has 0 aliphatic heterocycles. The summed E-state index contributed by atoms with van der Waals surface area (Å²) >= 11 is 3.43. The van der Waals surface area contributed by atoms with Gasteiger partial charge in [-0.2, -0.15) is 0 Å². The van der Waals surface area contributed by atoms with E-state index < -0.39 is 11.7 Å². The lowest BCUT2D eigenvalue weighted by atomic mass is 10.1. The minimum Gasteiger partial charge on any atom is -0.399 e. The normalized spacial score (nSPS) is 11.9. The topological polar surface area (TPSA) is 55.1 Å². The fourth-order valence-corrected chi connectivity index (χ4v) is 2.52. The van der Waals surface area contributed by atoms with Gasteiger partial charge in [0.15, 0.2) is 0 Å². The van der Waals surface area contributed by atoms with E-state index in [0.29, 0.717) is 0 Å². The molecule has 2 aromatic carbocycles. The van der Waals surface area contributed by atoms with Gasteiger partial charge in [-0.25, -0.2) is 4.39 Å². The highest BCUT2D eigenvalue weighted by molar-refractivity contribution is 9.10. The Morgan fingerprint density at radius 2 is 2.00 bits per heavy atom.